The minimum Gasteiger partial charge on any atom is -0.480 e. The van der Waals surface area contributed by atoms with Crippen molar-refractivity contribution in [3.8, 4) is 28.7 Å². The van der Waals surface area contributed by atoms with Gasteiger partial charge in [0.15, 0.2) is 22.9 Å². The predicted octanol–water partition coefficient (Wildman–Crippen LogP) is 4.20. The van der Waals surface area contributed by atoms with E-state index >= 15 is 0 Å². The highest BCUT2D eigenvalue weighted by atomic mass is 19.4. The number of fused-ring (bicyclic) bond motifs is 1. The van der Waals surface area contributed by atoms with Gasteiger partial charge in [0.2, 0.25) is 11.5 Å². The molecule has 40 heavy (non-hydrogen) atoms. The standard InChI is InChI=1S/C24H19F6N9O/c1-37-10-15(23(25,26)27)35-19(37)13-6-4-12(5-7-13)9-39-20-14(38(2)22(39)31)8-32-18(36-20)16-17(24(28,29)30)33-11-34-21(16)40-3/h4-8,10-11,31H,9H2,1-3H3. The van der Waals surface area contributed by atoms with Crippen molar-refractivity contribution in [2.45, 2.75) is 18.9 Å². The third kappa shape index (κ3) is 4.65. The number of alkyl halides is 6. The molecule has 1 aromatic carbocycles. The summed E-state index contributed by atoms with van der Waals surface area (Å²) < 4.78 is 89.6. The Labute approximate surface area is 221 Å². The first-order chi connectivity index (χ1) is 18.8. The molecule has 0 aliphatic rings. The fourth-order valence-electron chi connectivity index (χ4n) is 4.22. The van der Waals surface area contributed by atoms with Gasteiger partial charge in [-0.05, 0) is 5.56 Å². The molecule has 0 radical (unpaired) electrons. The molecule has 5 aromatic rings. The number of aryl methyl sites for hydroxylation is 2. The molecule has 0 unspecified atom stereocenters. The van der Waals surface area contributed by atoms with Crippen molar-refractivity contribution in [2.75, 3.05) is 7.11 Å². The van der Waals surface area contributed by atoms with E-state index in [4.69, 9.17) is 10.1 Å². The second-order valence-electron chi connectivity index (χ2n) is 8.73. The van der Waals surface area contributed by atoms with Gasteiger partial charge >= 0.3 is 12.4 Å². The average molecular weight is 563 g/mol. The number of aromatic nitrogens is 8. The van der Waals surface area contributed by atoms with Crippen LogP contribution in [0.2, 0.25) is 0 Å². The van der Waals surface area contributed by atoms with E-state index < -0.39 is 29.3 Å². The first-order valence-electron chi connectivity index (χ1n) is 11.4. The number of hydrogen-bond acceptors (Lipinski definition) is 7. The van der Waals surface area contributed by atoms with E-state index in [-0.39, 0.29) is 35.3 Å². The first kappa shape index (κ1) is 26.8. The molecule has 0 aliphatic heterocycles. The zero-order valence-electron chi connectivity index (χ0n) is 21.0. The summed E-state index contributed by atoms with van der Waals surface area (Å²) in [6.45, 7) is 0.0792. The first-order valence-corrected chi connectivity index (χ1v) is 11.4. The second-order valence-corrected chi connectivity index (χ2v) is 8.73. The lowest BCUT2D eigenvalue weighted by Crippen LogP contribution is -2.23. The summed E-state index contributed by atoms with van der Waals surface area (Å²) in [5.41, 5.74) is -1.21. The molecule has 0 amide bonds. The molecule has 0 spiro atoms. The molecule has 0 saturated heterocycles. The molecular formula is C24H19F6N9O. The molecule has 10 nitrogen and oxygen atoms in total. The van der Waals surface area contributed by atoms with E-state index in [1.165, 1.54) is 26.9 Å². The average Bonchev–Trinajstić information content (AvgIpc) is 3.41. The quantitative estimate of drug-likeness (QED) is 0.321. The number of nitrogens with zero attached hydrogens (tertiary/aromatic N) is 8. The summed E-state index contributed by atoms with van der Waals surface area (Å²) in [5.74, 6) is -0.592. The number of imidazole rings is 2. The van der Waals surface area contributed by atoms with Crippen LogP contribution in [0.15, 0.2) is 43.0 Å². The number of benzene rings is 1. The summed E-state index contributed by atoms with van der Waals surface area (Å²) in [6, 6.07) is 6.49. The molecule has 0 bridgehead atoms. The van der Waals surface area contributed by atoms with Crippen LogP contribution in [0.5, 0.6) is 5.88 Å². The number of methoxy groups -OCH3 is 1. The van der Waals surface area contributed by atoms with Crippen LogP contribution in [0.4, 0.5) is 26.3 Å². The summed E-state index contributed by atoms with van der Waals surface area (Å²) in [6.07, 6.45) is -6.50. The number of rotatable bonds is 5. The molecule has 16 heteroatoms. The zero-order chi connectivity index (χ0) is 29.0. The Morgan fingerprint density at radius 3 is 2.23 bits per heavy atom. The number of halogens is 6. The van der Waals surface area contributed by atoms with Gasteiger partial charge in [-0.2, -0.15) is 26.3 Å². The van der Waals surface area contributed by atoms with Crippen molar-refractivity contribution >= 4 is 11.2 Å². The maximum absolute atomic E-state index is 13.7. The van der Waals surface area contributed by atoms with Crippen LogP contribution in [-0.2, 0) is 33.0 Å². The van der Waals surface area contributed by atoms with Crippen molar-refractivity contribution in [1.29, 1.82) is 5.41 Å². The lowest BCUT2D eigenvalue weighted by atomic mass is 10.1. The predicted molar refractivity (Wildman–Crippen MR) is 128 cm³/mol. The summed E-state index contributed by atoms with van der Waals surface area (Å²) >= 11 is 0. The van der Waals surface area contributed by atoms with Gasteiger partial charge in [0.25, 0.3) is 0 Å². The molecule has 1 N–H and O–H groups in total. The van der Waals surface area contributed by atoms with E-state index in [1.807, 2.05) is 0 Å². The Morgan fingerprint density at radius 2 is 1.62 bits per heavy atom. The highest BCUT2D eigenvalue weighted by Crippen LogP contribution is 2.38. The minimum absolute atomic E-state index is 0.0169. The van der Waals surface area contributed by atoms with E-state index in [0.717, 1.165) is 19.6 Å². The van der Waals surface area contributed by atoms with Crippen molar-refractivity contribution in [1.82, 2.24) is 38.6 Å². The van der Waals surface area contributed by atoms with Gasteiger partial charge in [0, 0.05) is 25.9 Å². The Morgan fingerprint density at radius 1 is 0.925 bits per heavy atom. The Bertz CT molecular complexity index is 1780. The Hall–Kier alpha value is -4.76. The fraction of sp³-hybridized carbons (Fsp3) is 0.250. The van der Waals surface area contributed by atoms with Crippen LogP contribution in [0.3, 0.4) is 0 Å². The van der Waals surface area contributed by atoms with Gasteiger partial charge in [-0.3, -0.25) is 9.98 Å². The van der Waals surface area contributed by atoms with E-state index in [2.05, 4.69) is 24.9 Å². The van der Waals surface area contributed by atoms with Gasteiger partial charge < -0.3 is 13.9 Å². The molecule has 0 atom stereocenters. The van der Waals surface area contributed by atoms with Crippen LogP contribution >= 0.6 is 0 Å². The molecule has 5 rings (SSSR count). The van der Waals surface area contributed by atoms with Gasteiger partial charge in [0.05, 0.1) is 19.9 Å². The number of hydrogen-bond donors (Lipinski definition) is 1. The summed E-state index contributed by atoms with van der Waals surface area (Å²) in [4.78, 5) is 19.2. The normalized spacial score (nSPS) is 12.3. The molecule has 4 heterocycles. The van der Waals surface area contributed by atoms with E-state index in [9.17, 15) is 26.3 Å². The van der Waals surface area contributed by atoms with Crippen molar-refractivity contribution in [3.63, 3.8) is 0 Å². The Kier molecular flexibility index (Phi) is 6.35. The summed E-state index contributed by atoms with van der Waals surface area (Å²) in [7, 11) is 4.20. The Balaban J connectivity index is 1.56. The molecule has 0 saturated carbocycles. The minimum atomic E-state index is -4.84. The van der Waals surface area contributed by atoms with Crippen LogP contribution in [0.1, 0.15) is 17.0 Å². The molecule has 4 aromatic heterocycles. The van der Waals surface area contributed by atoms with Gasteiger partial charge in [0.1, 0.15) is 23.2 Å². The number of ether oxygens (including phenoxy) is 1. The topological polar surface area (TPSA) is 112 Å². The van der Waals surface area contributed by atoms with Crippen molar-refractivity contribution < 1.29 is 31.1 Å². The second kappa shape index (κ2) is 9.46. The third-order valence-electron chi connectivity index (χ3n) is 6.16. The van der Waals surface area contributed by atoms with Crippen LogP contribution < -0.4 is 10.4 Å². The lowest BCUT2D eigenvalue weighted by molar-refractivity contribution is -0.141. The van der Waals surface area contributed by atoms with E-state index in [0.29, 0.717) is 16.6 Å². The molecule has 0 fully saturated rings. The maximum Gasteiger partial charge on any atom is 0.434 e. The lowest BCUT2D eigenvalue weighted by Gasteiger charge is -2.13. The van der Waals surface area contributed by atoms with Crippen molar-refractivity contribution in [2.24, 2.45) is 14.1 Å². The van der Waals surface area contributed by atoms with Gasteiger partial charge in [-0.1, -0.05) is 24.3 Å². The van der Waals surface area contributed by atoms with Crippen LogP contribution in [-0.4, -0.2) is 45.7 Å². The monoisotopic (exact) mass is 563 g/mol. The zero-order valence-corrected chi connectivity index (χ0v) is 21.0. The fourth-order valence-corrected chi connectivity index (χ4v) is 4.22. The highest BCUT2D eigenvalue weighted by molar-refractivity contribution is 5.75. The number of nitrogens with one attached hydrogen (secondary N) is 1. The van der Waals surface area contributed by atoms with Crippen molar-refractivity contribution in [3.05, 3.63) is 65.6 Å². The summed E-state index contributed by atoms with van der Waals surface area (Å²) in [5, 5.41) is 8.54. The smallest absolute Gasteiger partial charge is 0.434 e. The van der Waals surface area contributed by atoms with Crippen LogP contribution in [0.25, 0.3) is 33.9 Å². The third-order valence-corrected chi connectivity index (χ3v) is 6.16. The molecule has 0 aliphatic carbocycles. The van der Waals surface area contributed by atoms with Gasteiger partial charge in [-0.15, -0.1) is 0 Å². The largest absolute Gasteiger partial charge is 0.480 e. The van der Waals surface area contributed by atoms with Crippen LogP contribution in [0, 0.1) is 5.41 Å². The van der Waals surface area contributed by atoms with E-state index in [1.54, 1.807) is 31.3 Å². The highest BCUT2D eigenvalue weighted by Gasteiger charge is 2.39. The maximum atomic E-state index is 13.7. The molecule has 208 valence electrons. The SMILES string of the molecule is COc1ncnc(C(F)(F)F)c1-c1ncc2c(n1)n(Cc1ccc(-c3nc(C(F)(F)F)cn3C)cc1)c(=N)n2C. The van der Waals surface area contributed by atoms with Gasteiger partial charge in [-0.25, -0.2) is 24.9 Å². The molecular weight excluding hydrogens is 544 g/mol.